The second kappa shape index (κ2) is 12.2. The molecule has 6 rings (SSSR count). The maximum atomic E-state index is 11.8. The van der Waals surface area contributed by atoms with Crippen molar-refractivity contribution in [3.8, 4) is 16.9 Å². The molecule has 0 radical (unpaired) electrons. The summed E-state index contributed by atoms with van der Waals surface area (Å²) < 4.78 is 15.0. The highest BCUT2D eigenvalue weighted by atomic mass is 32.1. The van der Waals surface area contributed by atoms with Gasteiger partial charge in [-0.2, -0.15) is 0 Å². The number of fused-ring (bicyclic) bond motifs is 1. The molecule has 0 atom stereocenters. The number of hydrogen-bond acceptors (Lipinski definition) is 7. The molecule has 0 aliphatic carbocycles. The van der Waals surface area contributed by atoms with Crippen LogP contribution in [-0.2, 0) is 17.8 Å². The zero-order valence-electron chi connectivity index (χ0n) is 23.7. The standard InChI is InChI=1S/C32H32N6O4S/c1-41-26-8-5-21(6-9-26)18-36-20-35-32(38(39)40)31(36)34-17-22-7-10-27-28(23-3-2-4-24(16-23)30(33)43)19-37(29(27)15-22)25-11-13-42-14-12-25/h2-10,15-16,19-20,25,34H,11-14,17-18H2,1H3,(H2,33,43). The first-order valence-corrected chi connectivity index (χ1v) is 14.5. The SMILES string of the molecule is COc1ccc(Cn2cnc([N+](=O)[O-])c2NCc2ccc3c(-c4cccc(C(N)=S)c4)cn(C4CCOCC4)c3c2)cc1. The number of benzene rings is 3. The molecule has 0 spiro atoms. The van der Waals surface area contributed by atoms with E-state index in [0.29, 0.717) is 29.9 Å². The molecule has 220 valence electrons. The van der Waals surface area contributed by atoms with Crippen LogP contribution in [0.1, 0.15) is 35.6 Å². The van der Waals surface area contributed by atoms with E-state index in [1.54, 1.807) is 11.7 Å². The van der Waals surface area contributed by atoms with Gasteiger partial charge >= 0.3 is 5.82 Å². The number of aromatic nitrogens is 3. The van der Waals surface area contributed by atoms with E-state index >= 15 is 0 Å². The van der Waals surface area contributed by atoms with Crippen molar-refractivity contribution in [1.82, 2.24) is 14.1 Å². The van der Waals surface area contributed by atoms with E-state index in [4.69, 9.17) is 27.4 Å². The average molecular weight is 597 g/mol. The molecule has 1 aliphatic heterocycles. The fraction of sp³-hybridized carbons (Fsp3) is 0.250. The monoisotopic (exact) mass is 596 g/mol. The molecule has 43 heavy (non-hydrogen) atoms. The number of nitrogens with one attached hydrogen (secondary N) is 1. The summed E-state index contributed by atoms with van der Waals surface area (Å²) >= 11 is 5.23. The van der Waals surface area contributed by atoms with Gasteiger partial charge in [-0.15, -0.1) is 0 Å². The van der Waals surface area contributed by atoms with Crippen LogP contribution in [-0.4, -0.2) is 44.4 Å². The van der Waals surface area contributed by atoms with E-state index in [1.807, 2.05) is 42.5 Å². The predicted octanol–water partition coefficient (Wildman–Crippen LogP) is 6.07. The van der Waals surface area contributed by atoms with Crippen LogP contribution in [0.2, 0.25) is 0 Å². The minimum atomic E-state index is -0.459. The Kier molecular flexibility index (Phi) is 8.08. The highest BCUT2D eigenvalue weighted by Crippen LogP contribution is 2.36. The van der Waals surface area contributed by atoms with Crippen LogP contribution in [0.15, 0.2) is 79.3 Å². The van der Waals surface area contributed by atoms with Gasteiger partial charge in [0.15, 0.2) is 0 Å². The number of thiocarbonyl (C=S) groups is 1. The number of nitro groups is 1. The Morgan fingerprint density at radius 2 is 1.91 bits per heavy atom. The first kappa shape index (κ1) is 28.4. The van der Waals surface area contributed by atoms with Crippen LogP contribution in [0, 0.1) is 10.1 Å². The third-order valence-electron chi connectivity index (χ3n) is 7.90. The molecule has 10 nitrogen and oxygen atoms in total. The van der Waals surface area contributed by atoms with Crippen molar-refractivity contribution in [3.05, 3.63) is 106 Å². The number of nitrogens with zero attached hydrogens (tertiary/aromatic N) is 4. The molecule has 0 bridgehead atoms. The lowest BCUT2D eigenvalue weighted by atomic mass is 10.0. The van der Waals surface area contributed by atoms with Gasteiger partial charge in [-0.05, 0) is 63.7 Å². The maximum Gasteiger partial charge on any atom is 0.406 e. The summed E-state index contributed by atoms with van der Waals surface area (Å²) in [6.07, 6.45) is 5.56. The van der Waals surface area contributed by atoms with E-state index in [0.717, 1.165) is 70.5 Å². The van der Waals surface area contributed by atoms with Gasteiger partial charge < -0.3 is 35.2 Å². The van der Waals surface area contributed by atoms with E-state index in [1.165, 1.54) is 6.33 Å². The van der Waals surface area contributed by atoms with Crippen molar-refractivity contribution >= 4 is 39.7 Å². The molecule has 1 fully saturated rings. The van der Waals surface area contributed by atoms with Crippen LogP contribution < -0.4 is 15.8 Å². The minimum Gasteiger partial charge on any atom is -0.497 e. The summed E-state index contributed by atoms with van der Waals surface area (Å²) in [5.41, 5.74) is 12.0. The third kappa shape index (κ3) is 5.95. The number of rotatable bonds is 10. The van der Waals surface area contributed by atoms with Crippen molar-refractivity contribution in [2.24, 2.45) is 5.73 Å². The Bertz CT molecular complexity index is 1790. The van der Waals surface area contributed by atoms with Crippen molar-refractivity contribution in [2.75, 3.05) is 25.6 Å². The summed E-state index contributed by atoms with van der Waals surface area (Å²) in [6.45, 7) is 2.25. The van der Waals surface area contributed by atoms with Crippen LogP contribution in [0.4, 0.5) is 11.6 Å². The molecule has 0 amide bonds. The Morgan fingerprint density at radius 1 is 1.14 bits per heavy atom. The van der Waals surface area contributed by atoms with Crippen molar-refractivity contribution < 1.29 is 14.4 Å². The van der Waals surface area contributed by atoms with E-state index < -0.39 is 4.92 Å². The number of nitrogens with two attached hydrogens (primary N) is 1. The summed E-state index contributed by atoms with van der Waals surface area (Å²) in [7, 11) is 1.62. The Hall–Kier alpha value is -4.74. The van der Waals surface area contributed by atoms with Crippen LogP contribution in [0.3, 0.4) is 0 Å². The maximum absolute atomic E-state index is 11.8. The molecule has 2 aromatic heterocycles. The van der Waals surface area contributed by atoms with Crippen LogP contribution >= 0.6 is 12.2 Å². The van der Waals surface area contributed by atoms with Gasteiger partial charge in [-0.3, -0.25) is 4.57 Å². The smallest absolute Gasteiger partial charge is 0.406 e. The fourth-order valence-electron chi connectivity index (χ4n) is 5.66. The topological polar surface area (TPSA) is 122 Å². The Morgan fingerprint density at radius 3 is 2.63 bits per heavy atom. The fourth-order valence-corrected chi connectivity index (χ4v) is 5.79. The van der Waals surface area contributed by atoms with Gasteiger partial charge in [0.25, 0.3) is 0 Å². The number of hydrogen-bond donors (Lipinski definition) is 2. The number of methoxy groups -OCH3 is 1. The molecular weight excluding hydrogens is 564 g/mol. The van der Waals surface area contributed by atoms with Crippen molar-refractivity contribution in [3.63, 3.8) is 0 Å². The zero-order valence-corrected chi connectivity index (χ0v) is 24.5. The van der Waals surface area contributed by atoms with E-state index in [9.17, 15) is 10.1 Å². The zero-order chi connectivity index (χ0) is 29.9. The lowest BCUT2D eigenvalue weighted by molar-refractivity contribution is -0.388. The van der Waals surface area contributed by atoms with Crippen molar-refractivity contribution in [1.29, 1.82) is 0 Å². The van der Waals surface area contributed by atoms with E-state index in [2.05, 4.69) is 45.3 Å². The number of ether oxygens (including phenoxy) is 2. The van der Waals surface area contributed by atoms with Gasteiger partial charge in [0.05, 0.1) is 13.7 Å². The molecule has 5 aromatic rings. The highest BCUT2D eigenvalue weighted by Gasteiger charge is 2.23. The second-order valence-corrected chi connectivity index (χ2v) is 11.0. The minimum absolute atomic E-state index is 0.208. The first-order chi connectivity index (χ1) is 20.9. The molecule has 1 aliphatic rings. The van der Waals surface area contributed by atoms with Crippen LogP contribution in [0.5, 0.6) is 5.75 Å². The van der Waals surface area contributed by atoms with Gasteiger partial charge in [-0.1, -0.05) is 54.7 Å². The highest BCUT2D eigenvalue weighted by molar-refractivity contribution is 7.80. The van der Waals surface area contributed by atoms with Crippen molar-refractivity contribution in [2.45, 2.75) is 32.0 Å². The molecule has 0 saturated carbocycles. The molecule has 11 heteroatoms. The molecule has 0 unspecified atom stereocenters. The average Bonchev–Trinajstić information content (AvgIpc) is 3.62. The summed E-state index contributed by atoms with van der Waals surface area (Å²) in [6, 6.07) is 22.2. The molecule has 3 aromatic carbocycles. The first-order valence-electron chi connectivity index (χ1n) is 14.1. The summed E-state index contributed by atoms with van der Waals surface area (Å²) in [4.78, 5) is 15.8. The molecule has 1 saturated heterocycles. The van der Waals surface area contributed by atoms with E-state index in [-0.39, 0.29) is 5.82 Å². The third-order valence-corrected chi connectivity index (χ3v) is 8.14. The van der Waals surface area contributed by atoms with Gasteiger partial charge in [0.2, 0.25) is 12.1 Å². The lowest BCUT2D eigenvalue weighted by Gasteiger charge is -2.24. The summed E-state index contributed by atoms with van der Waals surface area (Å²) in [5, 5.41) is 16.2. The summed E-state index contributed by atoms with van der Waals surface area (Å²) in [5.74, 6) is 0.898. The number of anilines is 1. The molecule has 3 N–H and O–H groups in total. The van der Waals surface area contributed by atoms with Gasteiger partial charge in [0.1, 0.15) is 10.7 Å². The number of imidazole rings is 1. The largest absolute Gasteiger partial charge is 0.497 e. The Labute approximate surface area is 254 Å². The van der Waals surface area contributed by atoms with Gasteiger partial charge in [0, 0.05) is 54.0 Å². The van der Waals surface area contributed by atoms with Gasteiger partial charge in [-0.25, -0.2) is 0 Å². The second-order valence-electron chi connectivity index (χ2n) is 10.6. The van der Waals surface area contributed by atoms with Crippen LogP contribution in [0.25, 0.3) is 22.0 Å². The quantitative estimate of drug-likeness (QED) is 0.113. The predicted molar refractivity (Wildman–Crippen MR) is 171 cm³/mol. The Balaban J connectivity index is 1.33. The normalized spacial score (nSPS) is 13.7. The molecular formula is C32H32N6O4S. The molecule has 3 heterocycles. The lowest BCUT2D eigenvalue weighted by Crippen LogP contribution is -2.19.